The summed E-state index contributed by atoms with van der Waals surface area (Å²) in [5, 5.41) is 0. The van der Waals surface area contributed by atoms with E-state index in [0.29, 0.717) is 11.8 Å². The lowest BCUT2D eigenvalue weighted by Crippen LogP contribution is -2.43. The maximum Gasteiger partial charge on any atom is 0.111 e. The third kappa shape index (κ3) is 2.93. The molecule has 2 saturated carbocycles. The Balaban J connectivity index is 1.74. The summed E-state index contributed by atoms with van der Waals surface area (Å²) in [6.45, 7) is 11.2. The highest BCUT2D eigenvalue weighted by Crippen LogP contribution is 2.55. The van der Waals surface area contributed by atoms with Crippen LogP contribution in [0.15, 0.2) is 23.8 Å². The molecule has 6 unspecified atom stereocenters. The van der Waals surface area contributed by atoms with E-state index in [2.05, 4.69) is 33.4 Å². The van der Waals surface area contributed by atoms with Gasteiger partial charge in [-0.25, -0.2) is 4.39 Å². The van der Waals surface area contributed by atoms with Gasteiger partial charge >= 0.3 is 0 Å². The zero-order valence-corrected chi connectivity index (χ0v) is 14.7. The second kappa shape index (κ2) is 6.49. The molecular formula is C21H33F. The van der Waals surface area contributed by atoms with E-state index in [1.54, 1.807) is 0 Å². The Morgan fingerprint density at radius 2 is 2.00 bits per heavy atom. The summed E-state index contributed by atoms with van der Waals surface area (Å²) in [6, 6.07) is 0. The fraction of sp³-hybridized carbons (Fsp3) is 0.810. The van der Waals surface area contributed by atoms with E-state index in [1.807, 2.05) is 0 Å². The van der Waals surface area contributed by atoms with Crippen molar-refractivity contribution in [3.63, 3.8) is 0 Å². The zero-order chi connectivity index (χ0) is 15.9. The summed E-state index contributed by atoms with van der Waals surface area (Å²) >= 11 is 0. The van der Waals surface area contributed by atoms with Gasteiger partial charge in [-0.2, -0.15) is 0 Å². The second-order valence-electron chi connectivity index (χ2n) is 8.58. The van der Waals surface area contributed by atoms with Gasteiger partial charge in [0.15, 0.2) is 0 Å². The molecule has 3 rings (SSSR count). The summed E-state index contributed by atoms with van der Waals surface area (Å²) in [6.07, 6.45) is 10.4. The van der Waals surface area contributed by atoms with E-state index < -0.39 is 6.17 Å². The fourth-order valence-corrected chi connectivity index (χ4v) is 5.27. The van der Waals surface area contributed by atoms with Gasteiger partial charge in [-0.05, 0) is 42.9 Å². The lowest BCUT2D eigenvalue weighted by Gasteiger charge is -2.49. The molecule has 0 bridgehead atoms. The summed E-state index contributed by atoms with van der Waals surface area (Å²) in [5.74, 6) is 3.29. The molecule has 2 fully saturated rings. The van der Waals surface area contributed by atoms with Crippen molar-refractivity contribution in [1.29, 1.82) is 0 Å². The van der Waals surface area contributed by atoms with Crippen molar-refractivity contribution in [2.75, 3.05) is 0 Å². The lowest BCUT2D eigenvalue weighted by molar-refractivity contribution is 0.118. The number of hydrogen-bond acceptors (Lipinski definition) is 0. The molecule has 1 heteroatoms. The second-order valence-corrected chi connectivity index (χ2v) is 8.58. The summed E-state index contributed by atoms with van der Waals surface area (Å²) < 4.78 is 14.7. The summed E-state index contributed by atoms with van der Waals surface area (Å²) in [4.78, 5) is 0. The number of fused-ring (bicyclic) bond motifs is 1. The predicted molar refractivity (Wildman–Crippen MR) is 92.4 cm³/mol. The highest BCUT2D eigenvalue weighted by atomic mass is 19.1. The molecular weight excluding hydrogens is 271 g/mol. The van der Waals surface area contributed by atoms with Crippen LogP contribution in [-0.4, -0.2) is 6.17 Å². The van der Waals surface area contributed by atoms with Crippen LogP contribution in [0.4, 0.5) is 4.39 Å². The van der Waals surface area contributed by atoms with Crippen molar-refractivity contribution < 1.29 is 4.39 Å². The van der Waals surface area contributed by atoms with Crippen LogP contribution in [0.5, 0.6) is 0 Å². The van der Waals surface area contributed by atoms with Gasteiger partial charge < -0.3 is 0 Å². The number of allylic oxidation sites excluding steroid dienone is 3. The summed E-state index contributed by atoms with van der Waals surface area (Å²) in [7, 11) is 0. The molecule has 124 valence electrons. The van der Waals surface area contributed by atoms with Crippen LogP contribution < -0.4 is 0 Å². The van der Waals surface area contributed by atoms with Crippen LogP contribution in [0.1, 0.15) is 65.7 Å². The average molecular weight is 304 g/mol. The Hall–Kier alpha value is -0.590. The van der Waals surface area contributed by atoms with Crippen molar-refractivity contribution in [3.05, 3.63) is 23.8 Å². The van der Waals surface area contributed by atoms with E-state index in [4.69, 9.17) is 0 Å². The first kappa shape index (κ1) is 16.3. The summed E-state index contributed by atoms with van der Waals surface area (Å²) in [5.41, 5.74) is 2.61. The molecule has 0 N–H and O–H groups in total. The third-order valence-electron chi connectivity index (χ3n) is 6.63. The van der Waals surface area contributed by atoms with Crippen molar-refractivity contribution >= 4 is 0 Å². The first-order valence-corrected chi connectivity index (χ1v) is 9.53. The van der Waals surface area contributed by atoms with E-state index in [1.165, 1.54) is 49.7 Å². The fourth-order valence-electron chi connectivity index (χ4n) is 5.27. The minimum Gasteiger partial charge on any atom is -0.246 e. The van der Waals surface area contributed by atoms with Crippen LogP contribution in [-0.2, 0) is 0 Å². The number of halogens is 1. The smallest absolute Gasteiger partial charge is 0.111 e. The molecule has 0 saturated heterocycles. The first-order chi connectivity index (χ1) is 10.5. The third-order valence-corrected chi connectivity index (χ3v) is 6.63. The van der Waals surface area contributed by atoms with E-state index in [0.717, 1.165) is 24.2 Å². The lowest BCUT2D eigenvalue weighted by atomic mass is 9.56. The largest absolute Gasteiger partial charge is 0.246 e. The molecule has 0 nitrogen and oxygen atoms in total. The molecule has 0 radical (unpaired) electrons. The van der Waals surface area contributed by atoms with Crippen LogP contribution in [0, 0.1) is 35.5 Å². The van der Waals surface area contributed by atoms with Gasteiger partial charge in [-0.1, -0.05) is 70.3 Å². The first-order valence-electron chi connectivity index (χ1n) is 9.53. The normalized spacial score (nSPS) is 41.9. The van der Waals surface area contributed by atoms with Gasteiger partial charge in [0.05, 0.1) is 0 Å². The Morgan fingerprint density at radius 3 is 2.68 bits per heavy atom. The average Bonchev–Trinajstić information content (AvgIpc) is 2.46. The molecule has 22 heavy (non-hydrogen) atoms. The standard InChI is InChI=1S/C21H33F/c1-13(2)9-10-18-15(4)21-19(18)11-16(12-20(21)22)17-8-6-5-7-14(17)3/h11,13-14,16-18,20-21H,4-10,12H2,1-3H3. The van der Waals surface area contributed by atoms with Gasteiger partial charge in [-0.3, -0.25) is 0 Å². The number of hydrogen-bond donors (Lipinski definition) is 0. The Kier molecular flexibility index (Phi) is 4.80. The maximum absolute atomic E-state index is 14.7. The SMILES string of the molecule is C=C1C(CCC(C)C)C2=CC(C3CCCCC3C)CC(F)C12. The molecule has 3 aliphatic carbocycles. The monoisotopic (exact) mass is 304 g/mol. The minimum absolute atomic E-state index is 0.0762. The number of alkyl halides is 1. The molecule has 3 aliphatic rings. The van der Waals surface area contributed by atoms with Crippen molar-refractivity contribution in [1.82, 2.24) is 0 Å². The Morgan fingerprint density at radius 1 is 1.27 bits per heavy atom. The van der Waals surface area contributed by atoms with E-state index in [9.17, 15) is 4.39 Å². The predicted octanol–water partition coefficient (Wildman–Crippen LogP) is 6.34. The molecule has 0 aromatic heterocycles. The van der Waals surface area contributed by atoms with Gasteiger partial charge in [0, 0.05) is 11.8 Å². The van der Waals surface area contributed by atoms with Gasteiger partial charge in [0.1, 0.15) is 6.17 Å². The van der Waals surface area contributed by atoms with Crippen molar-refractivity contribution in [2.45, 2.75) is 71.9 Å². The number of rotatable bonds is 4. The molecule has 0 heterocycles. The van der Waals surface area contributed by atoms with Crippen molar-refractivity contribution in [3.8, 4) is 0 Å². The molecule has 0 aromatic rings. The van der Waals surface area contributed by atoms with E-state index in [-0.39, 0.29) is 5.92 Å². The highest BCUT2D eigenvalue weighted by molar-refractivity contribution is 5.43. The molecule has 0 aliphatic heterocycles. The minimum atomic E-state index is -0.665. The van der Waals surface area contributed by atoms with Crippen LogP contribution in [0.2, 0.25) is 0 Å². The van der Waals surface area contributed by atoms with Crippen LogP contribution in [0.3, 0.4) is 0 Å². The Labute approximate surface area is 136 Å². The zero-order valence-electron chi connectivity index (χ0n) is 14.7. The van der Waals surface area contributed by atoms with Crippen molar-refractivity contribution in [2.24, 2.45) is 35.5 Å². The molecule has 0 aromatic carbocycles. The van der Waals surface area contributed by atoms with Gasteiger partial charge in [-0.15, -0.1) is 0 Å². The molecule has 6 atom stereocenters. The quantitative estimate of drug-likeness (QED) is 0.532. The van der Waals surface area contributed by atoms with Gasteiger partial charge in [0.2, 0.25) is 0 Å². The topological polar surface area (TPSA) is 0 Å². The Bertz CT molecular complexity index is 447. The molecule has 0 spiro atoms. The van der Waals surface area contributed by atoms with Gasteiger partial charge in [0.25, 0.3) is 0 Å². The maximum atomic E-state index is 14.7. The molecule has 0 amide bonds. The van der Waals surface area contributed by atoms with Crippen LogP contribution >= 0.6 is 0 Å². The van der Waals surface area contributed by atoms with E-state index >= 15 is 0 Å². The highest BCUT2D eigenvalue weighted by Gasteiger charge is 2.48. The van der Waals surface area contributed by atoms with Crippen LogP contribution in [0.25, 0.3) is 0 Å².